The van der Waals surface area contributed by atoms with Gasteiger partial charge in [-0.3, -0.25) is 0 Å². The number of hydrogen-bond acceptors (Lipinski definition) is 3. The van der Waals surface area contributed by atoms with Gasteiger partial charge in [-0.25, -0.2) is 18.4 Å². The van der Waals surface area contributed by atoms with E-state index in [4.69, 9.17) is 28.3 Å². The molecule has 0 fully saturated rings. The van der Waals surface area contributed by atoms with Crippen molar-refractivity contribution in [3.63, 3.8) is 0 Å². The summed E-state index contributed by atoms with van der Waals surface area (Å²) in [7, 11) is -3.69. The van der Waals surface area contributed by atoms with Crippen LogP contribution in [0.3, 0.4) is 0 Å². The van der Waals surface area contributed by atoms with Gasteiger partial charge in [0.15, 0.2) is 0 Å². The zero-order chi connectivity index (χ0) is 18.4. The molecule has 0 aliphatic rings. The molecule has 2 amide bonds. The Labute approximate surface area is 156 Å². The van der Waals surface area contributed by atoms with Crippen LogP contribution in [0.2, 0.25) is 10.0 Å². The Kier molecular flexibility index (Phi) is 6.66. The van der Waals surface area contributed by atoms with Gasteiger partial charge in [-0.05, 0) is 41.8 Å². The van der Waals surface area contributed by atoms with Crippen molar-refractivity contribution in [2.45, 2.75) is 17.9 Å². The number of hydrogen-bond donors (Lipinski definition) is 3. The molecule has 6 nitrogen and oxygen atoms in total. The Morgan fingerprint density at radius 3 is 2.32 bits per heavy atom. The Bertz CT molecular complexity index is 855. The molecule has 4 N–H and O–H groups in total. The van der Waals surface area contributed by atoms with Crippen LogP contribution in [0, 0.1) is 0 Å². The molecule has 2 aromatic rings. The number of nitrogens with two attached hydrogens (primary N) is 1. The van der Waals surface area contributed by atoms with Crippen molar-refractivity contribution < 1.29 is 13.2 Å². The highest BCUT2D eigenvalue weighted by atomic mass is 35.5. The first-order valence-electron chi connectivity index (χ1n) is 7.33. The first-order valence-corrected chi connectivity index (χ1v) is 9.63. The Morgan fingerprint density at radius 1 is 1.04 bits per heavy atom. The number of sulfonamides is 1. The van der Waals surface area contributed by atoms with Crippen LogP contribution in [0.5, 0.6) is 0 Å². The van der Waals surface area contributed by atoms with E-state index in [9.17, 15) is 13.2 Å². The number of urea groups is 1. The van der Waals surface area contributed by atoms with E-state index in [1.54, 1.807) is 30.3 Å². The van der Waals surface area contributed by atoms with E-state index < -0.39 is 10.0 Å². The van der Waals surface area contributed by atoms with Gasteiger partial charge in [0.25, 0.3) is 0 Å². The number of rotatable bonds is 6. The molecule has 0 spiro atoms. The van der Waals surface area contributed by atoms with Gasteiger partial charge in [0.2, 0.25) is 10.0 Å². The normalized spacial score (nSPS) is 11.2. The Balaban J connectivity index is 1.77. The SMILES string of the molecule is NS(=O)(=O)c1ccc(CCNC(=O)NCc2ccc(Cl)cc2Cl)cc1. The Hall–Kier alpha value is -1.80. The molecule has 134 valence electrons. The molecule has 0 aliphatic carbocycles. The zero-order valence-electron chi connectivity index (χ0n) is 13.1. The first-order chi connectivity index (χ1) is 11.8. The van der Waals surface area contributed by atoms with E-state index in [-0.39, 0.29) is 17.5 Å². The molecular weight excluding hydrogens is 385 g/mol. The third-order valence-corrected chi connectivity index (χ3v) is 4.92. The van der Waals surface area contributed by atoms with Gasteiger partial charge < -0.3 is 10.6 Å². The number of benzene rings is 2. The summed E-state index contributed by atoms with van der Waals surface area (Å²) < 4.78 is 22.3. The molecule has 0 aromatic heterocycles. The van der Waals surface area contributed by atoms with Crippen molar-refractivity contribution in [2.24, 2.45) is 5.14 Å². The van der Waals surface area contributed by atoms with Crippen LogP contribution >= 0.6 is 23.2 Å². The summed E-state index contributed by atoms with van der Waals surface area (Å²) in [6, 6.07) is 10.9. The predicted octanol–water partition coefficient (Wildman–Crippen LogP) is 2.68. The average Bonchev–Trinajstić information content (AvgIpc) is 2.53. The molecule has 0 bridgehead atoms. The van der Waals surface area contributed by atoms with Crippen molar-refractivity contribution in [1.82, 2.24) is 10.6 Å². The zero-order valence-corrected chi connectivity index (χ0v) is 15.5. The highest BCUT2D eigenvalue weighted by Crippen LogP contribution is 2.20. The third-order valence-electron chi connectivity index (χ3n) is 3.41. The van der Waals surface area contributed by atoms with Gasteiger partial charge in [0, 0.05) is 23.1 Å². The lowest BCUT2D eigenvalue weighted by Gasteiger charge is -2.09. The van der Waals surface area contributed by atoms with Gasteiger partial charge in [0.05, 0.1) is 4.90 Å². The lowest BCUT2D eigenvalue weighted by molar-refractivity contribution is 0.240. The average molecular weight is 402 g/mol. The third kappa shape index (κ3) is 6.21. The van der Waals surface area contributed by atoms with Gasteiger partial charge in [-0.15, -0.1) is 0 Å². The molecule has 9 heteroatoms. The van der Waals surface area contributed by atoms with Crippen LogP contribution < -0.4 is 15.8 Å². The maximum absolute atomic E-state index is 11.8. The quantitative estimate of drug-likeness (QED) is 0.693. The molecule has 2 rings (SSSR count). The largest absolute Gasteiger partial charge is 0.338 e. The standard InChI is InChI=1S/C16H17Cl2N3O3S/c17-13-4-3-12(15(18)9-13)10-21-16(22)20-8-7-11-1-5-14(6-2-11)25(19,23)24/h1-6,9H,7-8,10H2,(H2,19,23,24)(H2,20,21,22). The van der Waals surface area contributed by atoms with Crippen molar-refractivity contribution >= 4 is 39.3 Å². The van der Waals surface area contributed by atoms with E-state index in [1.807, 2.05) is 0 Å². The van der Waals surface area contributed by atoms with Crippen LogP contribution in [0.1, 0.15) is 11.1 Å². The minimum atomic E-state index is -3.69. The molecule has 25 heavy (non-hydrogen) atoms. The van der Waals surface area contributed by atoms with Crippen LogP contribution in [0.15, 0.2) is 47.4 Å². The fraction of sp³-hybridized carbons (Fsp3) is 0.188. The molecule has 0 unspecified atom stereocenters. The van der Waals surface area contributed by atoms with Crippen LogP contribution in [-0.2, 0) is 23.0 Å². The first kappa shape index (κ1) is 19.5. The molecule has 0 radical (unpaired) electrons. The molecule has 0 atom stereocenters. The second-order valence-corrected chi connectivity index (χ2v) is 7.69. The lowest BCUT2D eigenvalue weighted by Crippen LogP contribution is -2.36. The minimum absolute atomic E-state index is 0.0572. The summed E-state index contributed by atoms with van der Waals surface area (Å²) in [6.07, 6.45) is 0.556. The summed E-state index contributed by atoms with van der Waals surface area (Å²) in [4.78, 5) is 11.8. The topological polar surface area (TPSA) is 101 Å². The fourth-order valence-electron chi connectivity index (χ4n) is 2.07. The molecular formula is C16H17Cl2N3O3S. The highest BCUT2D eigenvalue weighted by Gasteiger charge is 2.07. The summed E-state index contributed by atoms with van der Waals surface area (Å²) in [6.45, 7) is 0.680. The predicted molar refractivity (Wildman–Crippen MR) is 98.2 cm³/mol. The summed E-state index contributed by atoms with van der Waals surface area (Å²) in [5, 5.41) is 11.5. The number of carbonyl (C=O) groups is 1. The van der Waals surface area contributed by atoms with E-state index >= 15 is 0 Å². The van der Waals surface area contributed by atoms with Crippen molar-refractivity contribution in [3.05, 3.63) is 63.6 Å². The molecule has 0 saturated heterocycles. The maximum Gasteiger partial charge on any atom is 0.315 e. The van der Waals surface area contributed by atoms with E-state index in [1.165, 1.54) is 12.1 Å². The van der Waals surface area contributed by atoms with Gasteiger partial charge in [-0.2, -0.15) is 0 Å². The van der Waals surface area contributed by atoms with Gasteiger partial charge >= 0.3 is 6.03 Å². The number of carbonyl (C=O) groups excluding carboxylic acids is 1. The molecule has 0 aliphatic heterocycles. The van der Waals surface area contributed by atoms with E-state index in [0.29, 0.717) is 23.0 Å². The van der Waals surface area contributed by atoms with E-state index in [0.717, 1.165) is 11.1 Å². The van der Waals surface area contributed by atoms with E-state index in [2.05, 4.69) is 10.6 Å². The van der Waals surface area contributed by atoms with Crippen molar-refractivity contribution in [2.75, 3.05) is 6.54 Å². The smallest absolute Gasteiger partial charge is 0.315 e. The molecule has 0 saturated carbocycles. The summed E-state index contributed by atoms with van der Waals surface area (Å²) >= 11 is 11.9. The summed E-state index contributed by atoms with van der Waals surface area (Å²) in [5.74, 6) is 0. The Morgan fingerprint density at radius 2 is 1.72 bits per heavy atom. The minimum Gasteiger partial charge on any atom is -0.338 e. The number of halogens is 2. The van der Waals surface area contributed by atoms with Crippen molar-refractivity contribution in [3.8, 4) is 0 Å². The maximum atomic E-state index is 11.8. The molecule has 2 aromatic carbocycles. The number of amides is 2. The second kappa shape index (κ2) is 8.53. The summed E-state index contributed by atoms with van der Waals surface area (Å²) in [5.41, 5.74) is 1.65. The van der Waals surface area contributed by atoms with Crippen LogP contribution in [-0.4, -0.2) is 21.0 Å². The van der Waals surface area contributed by atoms with Crippen LogP contribution in [0.4, 0.5) is 4.79 Å². The fourth-order valence-corrected chi connectivity index (χ4v) is 3.06. The monoisotopic (exact) mass is 401 g/mol. The van der Waals surface area contributed by atoms with Gasteiger partial charge in [0.1, 0.15) is 0 Å². The van der Waals surface area contributed by atoms with Crippen molar-refractivity contribution in [1.29, 1.82) is 0 Å². The lowest BCUT2D eigenvalue weighted by atomic mass is 10.1. The van der Waals surface area contributed by atoms with Gasteiger partial charge in [-0.1, -0.05) is 41.4 Å². The number of primary sulfonamides is 1. The van der Waals surface area contributed by atoms with Crippen LogP contribution in [0.25, 0.3) is 0 Å². The second-order valence-electron chi connectivity index (χ2n) is 5.28. The highest BCUT2D eigenvalue weighted by molar-refractivity contribution is 7.89. The molecule has 0 heterocycles. The number of nitrogens with one attached hydrogen (secondary N) is 2.